The molecule has 1 fully saturated rings. The van der Waals surface area contributed by atoms with Crippen molar-refractivity contribution in [2.24, 2.45) is 5.92 Å². The minimum absolute atomic E-state index is 0.195. The van der Waals surface area contributed by atoms with Gasteiger partial charge in [0, 0.05) is 4.83 Å². The third kappa shape index (κ3) is 2.13. The molecule has 2 rings (SSSR count). The van der Waals surface area contributed by atoms with Gasteiger partial charge in [0.2, 0.25) is 0 Å². The molecule has 1 atom stereocenters. The molecular formula is C10H9Br2F. The molecule has 1 aliphatic carbocycles. The van der Waals surface area contributed by atoms with Gasteiger partial charge in [-0.3, -0.25) is 0 Å². The normalized spacial score (nSPS) is 18.7. The summed E-state index contributed by atoms with van der Waals surface area (Å²) in [5.74, 6) is 0.552. The Labute approximate surface area is 93.8 Å². The maximum atomic E-state index is 12.9. The van der Waals surface area contributed by atoms with Crippen LogP contribution < -0.4 is 0 Å². The first kappa shape index (κ1) is 9.66. The Kier molecular flexibility index (Phi) is 2.75. The molecule has 0 aliphatic heterocycles. The summed E-state index contributed by atoms with van der Waals surface area (Å²) in [6.45, 7) is 0. The highest BCUT2D eigenvalue weighted by atomic mass is 79.9. The van der Waals surface area contributed by atoms with Crippen LogP contribution in [0.5, 0.6) is 0 Å². The van der Waals surface area contributed by atoms with E-state index in [4.69, 9.17) is 0 Å². The summed E-state index contributed by atoms with van der Waals surface area (Å²) < 4.78 is 13.5. The number of halogens is 3. The second-order valence-electron chi connectivity index (χ2n) is 3.41. The molecule has 1 saturated carbocycles. The summed E-state index contributed by atoms with van der Waals surface area (Å²) in [5.41, 5.74) is 1.16. The average molecular weight is 308 g/mol. The zero-order chi connectivity index (χ0) is 9.42. The minimum Gasteiger partial charge on any atom is -0.206 e. The highest BCUT2D eigenvalue weighted by Crippen LogP contribution is 2.46. The van der Waals surface area contributed by atoms with Crippen LogP contribution in [0.1, 0.15) is 23.2 Å². The maximum absolute atomic E-state index is 12.9. The Hall–Kier alpha value is 0.110. The van der Waals surface area contributed by atoms with E-state index in [0.29, 0.717) is 9.30 Å². The molecular weight excluding hydrogens is 299 g/mol. The molecule has 1 unspecified atom stereocenters. The van der Waals surface area contributed by atoms with Crippen molar-refractivity contribution in [1.82, 2.24) is 0 Å². The van der Waals surface area contributed by atoms with Crippen LogP contribution in [0.25, 0.3) is 0 Å². The third-order valence-corrected chi connectivity index (χ3v) is 4.18. The van der Waals surface area contributed by atoms with Crippen molar-refractivity contribution >= 4 is 31.9 Å². The van der Waals surface area contributed by atoms with E-state index in [0.717, 1.165) is 11.5 Å². The van der Waals surface area contributed by atoms with Gasteiger partial charge in [-0.05, 0) is 52.4 Å². The Morgan fingerprint density at radius 3 is 2.62 bits per heavy atom. The van der Waals surface area contributed by atoms with Gasteiger partial charge >= 0.3 is 0 Å². The van der Waals surface area contributed by atoms with Crippen molar-refractivity contribution in [3.63, 3.8) is 0 Å². The predicted molar refractivity (Wildman–Crippen MR) is 58.5 cm³/mol. The topological polar surface area (TPSA) is 0 Å². The lowest BCUT2D eigenvalue weighted by molar-refractivity contribution is 0.619. The summed E-state index contributed by atoms with van der Waals surface area (Å²) in [5, 5.41) is 0. The predicted octanol–water partition coefficient (Wildman–Crippen LogP) is 4.43. The van der Waals surface area contributed by atoms with Crippen LogP contribution in [0, 0.1) is 11.7 Å². The molecule has 0 nitrogen and oxygen atoms in total. The molecule has 1 aromatic carbocycles. The first-order valence-electron chi connectivity index (χ1n) is 4.27. The highest BCUT2D eigenvalue weighted by Gasteiger charge is 2.30. The molecule has 1 aliphatic rings. The van der Waals surface area contributed by atoms with Gasteiger partial charge < -0.3 is 0 Å². The average Bonchev–Trinajstić information content (AvgIpc) is 2.91. The zero-order valence-corrected chi connectivity index (χ0v) is 10.1. The Bertz CT molecular complexity index is 321. The van der Waals surface area contributed by atoms with Crippen molar-refractivity contribution < 1.29 is 4.39 Å². The number of alkyl halides is 1. The second-order valence-corrected chi connectivity index (χ2v) is 5.25. The maximum Gasteiger partial charge on any atom is 0.137 e. The number of hydrogen-bond acceptors (Lipinski definition) is 0. The summed E-state index contributed by atoms with van der Waals surface area (Å²) >= 11 is 6.82. The molecule has 0 aromatic heterocycles. The van der Waals surface area contributed by atoms with E-state index in [1.54, 1.807) is 0 Å². The van der Waals surface area contributed by atoms with E-state index in [1.807, 2.05) is 12.1 Å². The molecule has 0 bridgehead atoms. The standard InChI is InChI=1S/C10H9Br2F/c11-8-5-7(3-4-9(8)13)10(12)6-1-2-6/h3-6,10H,1-2H2. The molecule has 1 aromatic rings. The van der Waals surface area contributed by atoms with Gasteiger partial charge in [-0.15, -0.1) is 0 Å². The fourth-order valence-electron chi connectivity index (χ4n) is 1.34. The summed E-state index contributed by atoms with van der Waals surface area (Å²) in [6, 6.07) is 5.21. The van der Waals surface area contributed by atoms with Crippen molar-refractivity contribution in [3.8, 4) is 0 Å². The van der Waals surface area contributed by atoms with E-state index in [9.17, 15) is 4.39 Å². The first-order valence-corrected chi connectivity index (χ1v) is 5.98. The smallest absolute Gasteiger partial charge is 0.137 e. The molecule has 0 spiro atoms. The molecule has 0 amide bonds. The lowest BCUT2D eigenvalue weighted by Gasteiger charge is -2.08. The Balaban J connectivity index is 2.24. The Morgan fingerprint density at radius 2 is 2.08 bits per heavy atom. The molecule has 0 N–H and O–H groups in total. The van der Waals surface area contributed by atoms with Crippen LogP contribution in [0.3, 0.4) is 0 Å². The van der Waals surface area contributed by atoms with E-state index in [-0.39, 0.29) is 5.82 Å². The lowest BCUT2D eigenvalue weighted by Crippen LogP contribution is -1.92. The fraction of sp³-hybridized carbons (Fsp3) is 0.400. The van der Waals surface area contributed by atoms with Crippen LogP contribution in [0.2, 0.25) is 0 Å². The first-order chi connectivity index (χ1) is 6.18. The van der Waals surface area contributed by atoms with Gasteiger partial charge in [0.1, 0.15) is 5.82 Å². The number of rotatable bonds is 2. The number of benzene rings is 1. The third-order valence-electron chi connectivity index (χ3n) is 2.30. The molecule has 3 heteroatoms. The van der Waals surface area contributed by atoms with Crippen LogP contribution in [-0.2, 0) is 0 Å². The second kappa shape index (κ2) is 3.70. The zero-order valence-electron chi connectivity index (χ0n) is 6.93. The summed E-state index contributed by atoms with van der Waals surface area (Å²) in [7, 11) is 0. The van der Waals surface area contributed by atoms with Gasteiger partial charge in [0.15, 0.2) is 0 Å². The molecule has 0 radical (unpaired) electrons. The van der Waals surface area contributed by atoms with Crippen LogP contribution in [-0.4, -0.2) is 0 Å². The largest absolute Gasteiger partial charge is 0.206 e. The molecule has 13 heavy (non-hydrogen) atoms. The monoisotopic (exact) mass is 306 g/mol. The van der Waals surface area contributed by atoms with Crippen molar-refractivity contribution in [2.45, 2.75) is 17.7 Å². The van der Waals surface area contributed by atoms with Gasteiger partial charge in [-0.2, -0.15) is 0 Å². The Morgan fingerprint density at radius 1 is 1.38 bits per heavy atom. The highest BCUT2D eigenvalue weighted by molar-refractivity contribution is 9.10. The SMILES string of the molecule is Fc1ccc(C(Br)C2CC2)cc1Br. The molecule has 0 heterocycles. The van der Waals surface area contributed by atoms with Crippen LogP contribution >= 0.6 is 31.9 Å². The van der Waals surface area contributed by atoms with E-state index >= 15 is 0 Å². The minimum atomic E-state index is -0.195. The summed E-state index contributed by atoms with van der Waals surface area (Å²) in [4.78, 5) is 0.393. The van der Waals surface area contributed by atoms with Gasteiger partial charge in [-0.25, -0.2) is 4.39 Å². The molecule has 0 saturated heterocycles. The van der Waals surface area contributed by atoms with Crippen molar-refractivity contribution in [3.05, 3.63) is 34.1 Å². The van der Waals surface area contributed by atoms with Crippen LogP contribution in [0.4, 0.5) is 4.39 Å². The molecule has 70 valence electrons. The fourth-order valence-corrected chi connectivity index (χ4v) is 2.55. The number of hydrogen-bond donors (Lipinski definition) is 0. The van der Waals surface area contributed by atoms with Crippen molar-refractivity contribution in [1.29, 1.82) is 0 Å². The van der Waals surface area contributed by atoms with E-state index in [2.05, 4.69) is 31.9 Å². The van der Waals surface area contributed by atoms with Crippen LogP contribution in [0.15, 0.2) is 22.7 Å². The summed E-state index contributed by atoms with van der Waals surface area (Å²) in [6.07, 6.45) is 2.57. The quantitative estimate of drug-likeness (QED) is 0.709. The van der Waals surface area contributed by atoms with Gasteiger partial charge in [-0.1, -0.05) is 22.0 Å². The van der Waals surface area contributed by atoms with E-state index in [1.165, 1.54) is 18.9 Å². The van der Waals surface area contributed by atoms with Crippen molar-refractivity contribution in [2.75, 3.05) is 0 Å². The van der Waals surface area contributed by atoms with Gasteiger partial charge in [0.25, 0.3) is 0 Å². The van der Waals surface area contributed by atoms with Gasteiger partial charge in [0.05, 0.1) is 4.47 Å². The lowest BCUT2D eigenvalue weighted by atomic mass is 10.1. The van der Waals surface area contributed by atoms with E-state index < -0.39 is 0 Å².